The van der Waals surface area contributed by atoms with Crippen molar-refractivity contribution in [3.8, 4) is 0 Å². The van der Waals surface area contributed by atoms with E-state index in [0.717, 1.165) is 5.56 Å². The van der Waals surface area contributed by atoms with Crippen molar-refractivity contribution in [2.75, 3.05) is 6.61 Å². The molecule has 0 aliphatic heterocycles. The van der Waals surface area contributed by atoms with Crippen molar-refractivity contribution in [3.05, 3.63) is 34.9 Å². The minimum Gasteiger partial charge on any atom is -0.396 e. The van der Waals surface area contributed by atoms with Gasteiger partial charge < -0.3 is 10.8 Å². The lowest BCUT2D eigenvalue weighted by Crippen LogP contribution is -2.32. The SMILES string of the molecule is CC(C)(CO)[C@@H](N)c1cccc(Cl)c1.Cl. The monoisotopic (exact) mass is 249 g/mol. The predicted octanol–water partition coefficient (Wildman–Crippen LogP) is 2.78. The molecular formula is C11H17Cl2NO. The lowest BCUT2D eigenvalue weighted by Gasteiger charge is -2.29. The summed E-state index contributed by atoms with van der Waals surface area (Å²) in [5, 5.41) is 9.85. The molecule has 0 heterocycles. The minimum atomic E-state index is -0.329. The fourth-order valence-electron chi connectivity index (χ4n) is 1.25. The Morgan fingerprint density at radius 2 is 2.07 bits per heavy atom. The molecule has 4 heteroatoms. The van der Waals surface area contributed by atoms with Crippen LogP contribution in [0.1, 0.15) is 25.5 Å². The number of nitrogens with two attached hydrogens (primary N) is 1. The molecule has 1 rings (SSSR count). The highest BCUT2D eigenvalue weighted by Gasteiger charge is 2.26. The summed E-state index contributed by atoms with van der Waals surface area (Å²) in [6, 6.07) is 7.23. The minimum absolute atomic E-state index is 0. The third-order valence-corrected chi connectivity index (χ3v) is 2.69. The van der Waals surface area contributed by atoms with Crippen LogP contribution in [-0.2, 0) is 0 Å². The summed E-state index contributed by atoms with van der Waals surface area (Å²) in [7, 11) is 0. The third kappa shape index (κ3) is 3.65. The van der Waals surface area contributed by atoms with E-state index < -0.39 is 0 Å². The van der Waals surface area contributed by atoms with Crippen LogP contribution in [0, 0.1) is 5.41 Å². The van der Waals surface area contributed by atoms with Gasteiger partial charge >= 0.3 is 0 Å². The van der Waals surface area contributed by atoms with E-state index in [1.807, 2.05) is 38.1 Å². The standard InChI is InChI=1S/C11H16ClNO.ClH/c1-11(2,7-14)10(13)8-4-3-5-9(12)6-8;/h3-6,10,14H,7,13H2,1-2H3;1H/t10-;/m0./s1. The molecule has 0 radical (unpaired) electrons. The predicted molar refractivity (Wildman–Crippen MR) is 66.5 cm³/mol. The van der Waals surface area contributed by atoms with Crippen molar-refractivity contribution in [3.63, 3.8) is 0 Å². The van der Waals surface area contributed by atoms with Crippen LogP contribution in [0.3, 0.4) is 0 Å². The Morgan fingerprint density at radius 1 is 1.47 bits per heavy atom. The van der Waals surface area contributed by atoms with Gasteiger partial charge in [0.2, 0.25) is 0 Å². The molecule has 1 atom stereocenters. The van der Waals surface area contributed by atoms with Gasteiger partial charge in [-0.1, -0.05) is 37.6 Å². The molecule has 0 aliphatic rings. The second-order valence-electron chi connectivity index (χ2n) is 4.18. The molecule has 0 aromatic heterocycles. The number of aliphatic hydroxyl groups is 1. The maximum Gasteiger partial charge on any atom is 0.0500 e. The lowest BCUT2D eigenvalue weighted by molar-refractivity contribution is 0.132. The van der Waals surface area contributed by atoms with Crippen LogP contribution in [0.2, 0.25) is 5.02 Å². The molecule has 0 amide bonds. The van der Waals surface area contributed by atoms with E-state index in [4.69, 9.17) is 17.3 Å². The third-order valence-electron chi connectivity index (χ3n) is 2.46. The molecule has 15 heavy (non-hydrogen) atoms. The summed E-state index contributed by atoms with van der Waals surface area (Å²) >= 11 is 5.86. The van der Waals surface area contributed by atoms with Gasteiger partial charge in [-0.3, -0.25) is 0 Å². The Morgan fingerprint density at radius 3 is 2.53 bits per heavy atom. The molecule has 2 nitrogen and oxygen atoms in total. The largest absolute Gasteiger partial charge is 0.396 e. The van der Waals surface area contributed by atoms with E-state index in [0.29, 0.717) is 5.02 Å². The van der Waals surface area contributed by atoms with Gasteiger partial charge in [-0.25, -0.2) is 0 Å². The molecule has 0 aliphatic carbocycles. The summed E-state index contributed by atoms with van der Waals surface area (Å²) in [4.78, 5) is 0. The number of rotatable bonds is 3. The van der Waals surface area contributed by atoms with E-state index in [1.165, 1.54) is 0 Å². The van der Waals surface area contributed by atoms with E-state index in [-0.39, 0.29) is 30.5 Å². The summed E-state index contributed by atoms with van der Waals surface area (Å²) in [5.41, 5.74) is 6.66. The number of halogens is 2. The Balaban J connectivity index is 0.00000196. The van der Waals surface area contributed by atoms with Crippen LogP contribution in [0.5, 0.6) is 0 Å². The number of benzene rings is 1. The highest BCUT2D eigenvalue weighted by atomic mass is 35.5. The van der Waals surface area contributed by atoms with Crippen LogP contribution < -0.4 is 5.73 Å². The molecule has 86 valence electrons. The number of hydrogen-bond acceptors (Lipinski definition) is 2. The zero-order chi connectivity index (χ0) is 10.8. The zero-order valence-corrected chi connectivity index (χ0v) is 10.5. The fraction of sp³-hybridized carbons (Fsp3) is 0.455. The highest BCUT2D eigenvalue weighted by Crippen LogP contribution is 2.31. The normalized spacial score (nSPS) is 13.1. The average molecular weight is 250 g/mol. The van der Waals surface area contributed by atoms with E-state index in [2.05, 4.69) is 0 Å². The second kappa shape index (κ2) is 5.71. The zero-order valence-electron chi connectivity index (χ0n) is 8.90. The average Bonchev–Trinajstić information content (AvgIpc) is 2.16. The Hall–Kier alpha value is -0.280. The summed E-state index contributed by atoms with van der Waals surface area (Å²) in [6.07, 6.45) is 0. The second-order valence-corrected chi connectivity index (χ2v) is 4.62. The van der Waals surface area contributed by atoms with Crippen LogP contribution in [0.15, 0.2) is 24.3 Å². The Kier molecular flexibility index (Phi) is 5.60. The van der Waals surface area contributed by atoms with Crippen LogP contribution in [0.25, 0.3) is 0 Å². The molecule has 3 N–H and O–H groups in total. The van der Waals surface area contributed by atoms with Crippen LogP contribution in [-0.4, -0.2) is 11.7 Å². The maximum absolute atomic E-state index is 9.18. The van der Waals surface area contributed by atoms with Crippen molar-refractivity contribution in [2.24, 2.45) is 11.1 Å². The first-order valence-corrected chi connectivity index (χ1v) is 4.97. The first-order chi connectivity index (χ1) is 6.47. The topological polar surface area (TPSA) is 46.2 Å². The lowest BCUT2D eigenvalue weighted by atomic mass is 9.82. The smallest absolute Gasteiger partial charge is 0.0500 e. The highest BCUT2D eigenvalue weighted by molar-refractivity contribution is 6.30. The first kappa shape index (κ1) is 14.7. The van der Waals surface area contributed by atoms with E-state index in [1.54, 1.807) is 0 Å². The molecule has 1 aromatic carbocycles. The van der Waals surface area contributed by atoms with Crippen molar-refractivity contribution < 1.29 is 5.11 Å². The molecule has 0 fully saturated rings. The van der Waals surface area contributed by atoms with Gasteiger partial charge in [-0.05, 0) is 17.7 Å². The van der Waals surface area contributed by atoms with Gasteiger partial charge in [-0.2, -0.15) is 0 Å². The maximum atomic E-state index is 9.18. The number of hydrogen-bond donors (Lipinski definition) is 2. The molecule has 0 bridgehead atoms. The quantitative estimate of drug-likeness (QED) is 0.866. The van der Waals surface area contributed by atoms with Gasteiger partial charge in [0.15, 0.2) is 0 Å². The summed E-state index contributed by atoms with van der Waals surface area (Å²) in [5.74, 6) is 0. The van der Waals surface area contributed by atoms with Crippen LogP contribution in [0.4, 0.5) is 0 Å². The van der Waals surface area contributed by atoms with Gasteiger partial charge in [0.05, 0.1) is 0 Å². The van der Waals surface area contributed by atoms with Crippen molar-refractivity contribution in [1.82, 2.24) is 0 Å². The molecule has 0 unspecified atom stereocenters. The Labute approximate surface area is 102 Å². The van der Waals surface area contributed by atoms with E-state index >= 15 is 0 Å². The fourth-order valence-corrected chi connectivity index (χ4v) is 1.45. The van der Waals surface area contributed by atoms with E-state index in [9.17, 15) is 5.11 Å². The summed E-state index contributed by atoms with van der Waals surface area (Å²) < 4.78 is 0. The van der Waals surface area contributed by atoms with Gasteiger partial charge in [0, 0.05) is 23.1 Å². The van der Waals surface area contributed by atoms with Gasteiger partial charge in [-0.15, -0.1) is 12.4 Å². The van der Waals surface area contributed by atoms with Crippen LogP contribution >= 0.6 is 24.0 Å². The molecule has 0 spiro atoms. The molecule has 0 saturated heterocycles. The first-order valence-electron chi connectivity index (χ1n) is 4.59. The molecular weight excluding hydrogens is 233 g/mol. The van der Waals surface area contributed by atoms with Crippen molar-refractivity contribution in [2.45, 2.75) is 19.9 Å². The molecule has 0 saturated carbocycles. The van der Waals surface area contributed by atoms with Gasteiger partial charge in [0.1, 0.15) is 0 Å². The van der Waals surface area contributed by atoms with Crippen molar-refractivity contribution >= 4 is 24.0 Å². The number of aliphatic hydroxyl groups excluding tert-OH is 1. The summed E-state index contributed by atoms with van der Waals surface area (Å²) in [6.45, 7) is 3.91. The van der Waals surface area contributed by atoms with Crippen molar-refractivity contribution in [1.29, 1.82) is 0 Å². The van der Waals surface area contributed by atoms with Gasteiger partial charge in [0.25, 0.3) is 0 Å². The molecule has 1 aromatic rings. The Bertz CT molecular complexity index is 315.